The number of carbonyl (C=O) groups is 2. The van der Waals surface area contributed by atoms with Crippen molar-refractivity contribution in [1.29, 1.82) is 5.41 Å². The molecule has 8 heteroatoms. The number of nitrogens with one attached hydrogen (secondary N) is 1. The van der Waals surface area contributed by atoms with Gasteiger partial charge < -0.3 is 14.0 Å². The number of halogens is 2. The fourth-order valence-electron chi connectivity index (χ4n) is 3.97. The Labute approximate surface area is 207 Å². The number of aromatic nitrogens is 2. The standard InChI is InChI=1S/C26H24Cl2N4O2/c1-30(25(34)19-7-3-2-4-8-19)15-6-16-31-24-21(28)9-5-10-22(24)32(26(31)29)17-23(33)18-11-13-20(27)14-12-18/h2-5,7-14,29H,6,15-17H2,1H3. The number of imidazole rings is 1. The third-order valence-electron chi connectivity index (χ3n) is 5.75. The normalized spacial score (nSPS) is 11.0. The van der Waals surface area contributed by atoms with Crippen LogP contribution in [0.4, 0.5) is 0 Å². The molecule has 1 N–H and O–H groups in total. The number of Topliss-reactive ketones (excluding diaryl/α,β-unsaturated/α-hetero) is 1. The molecule has 0 saturated heterocycles. The van der Waals surface area contributed by atoms with E-state index in [4.69, 9.17) is 28.6 Å². The van der Waals surface area contributed by atoms with Gasteiger partial charge >= 0.3 is 0 Å². The van der Waals surface area contributed by atoms with E-state index in [1.807, 2.05) is 30.3 Å². The molecule has 34 heavy (non-hydrogen) atoms. The minimum atomic E-state index is -0.123. The third-order valence-corrected chi connectivity index (χ3v) is 6.31. The number of para-hydroxylation sites is 1. The molecule has 6 nitrogen and oxygen atoms in total. The lowest BCUT2D eigenvalue weighted by molar-refractivity contribution is 0.0791. The molecule has 3 aromatic carbocycles. The first kappa shape index (κ1) is 23.8. The van der Waals surface area contributed by atoms with Crippen molar-refractivity contribution in [3.63, 3.8) is 0 Å². The van der Waals surface area contributed by atoms with E-state index in [1.165, 1.54) is 0 Å². The van der Waals surface area contributed by atoms with Gasteiger partial charge in [-0.2, -0.15) is 0 Å². The Morgan fingerprint density at radius 3 is 2.29 bits per heavy atom. The van der Waals surface area contributed by atoms with Crippen molar-refractivity contribution in [2.75, 3.05) is 13.6 Å². The van der Waals surface area contributed by atoms with Crippen molar-refractivity contribution >= 4 is 45.9 Å². The molecule has 1 amide bonds. The smallest absolute Gasteiger partial charge is 0.253 e. The van der Waals surface area contributed by atoms with Crippen LogP contribution in [0, 0.1) is 5.41 Å². The van der Waals surface area contributed by atoms with Crippen molar-refractivity contribution in [3.05, 3.63) is 99.6 Å². The van der Waals surface area contributed by atoms with Gasteiger partial charge in [-0.3, -0.25) is 15.0 Å². The minimum Gasteiger partial charge on any atom is -0.342 e. The molecule has 0 spiro atoms. The maximum absolute atomic E-state index is 12.9. The number of amides is 1. The van der Waals surface area contributed by atoms with Crippen LogP contribution in [-0.2, 0) is 13.1 Å². The van der Waals surface area contributed by atoms with Gasteiger partial charge in [0.15, 0.2) is 5.78 Å². The van der Waals surface area contributed by atoms with E-state index < -0.39 is 0 Å². The molecule has 0 radical (unpaired) electrons. The van der Waals surface area contributed by atoms with Gasteiger partial charge in [0.05, 0.1) is 22.6 Å². The lowest BCUT2D eigenvalue weighted by Crippen LogP contribution is -2.30. The highest BCUT2D eigenvalue weighted by Gasteiger charge is 2.17. The summed E-state index contributed by atoms with van der Waals surface area (Å²) < 4.78 is 3.46. The number of benzene rings is 3. The van der Waals surface area contributed by atoms with Gasteiger partial charge in [0, 0.05) is 36.3 Å². The number of hydrogen-bond acceptors (Lipinski definition) is 3. The lowest BCUT2D eigenvalue weighted by Gasteiger charge is -2.17. The maximum Gasteiger partial charge on any atom is 0.253 e. The molecule has 0 unspecified atom stereocenters. The van der Waals surface area contributed by atoms with Crippen LogP contribution in [0.15, 0.2) is 72.8 Å². The van der Waals surface area contributed by atoms with Crippen molar-refractivity contribution in [1.82, 2.24) is 14.0 Å². The Kier molecular flexibility index (Phi) is 7.20. The second-order valence-corrected chi connectivity index (χ2v) is 8.89. The average molecular weight is 495 g/mol. The molecule has 1 heterocycles. The van der Waals surface area contributed by atoms with Crippen LogP contribution >= 0.6 is 23.2 Å². The van der Waals surface area contributed by atoms with Gasteiger partial charge in [-0.05, 0) is 55.0 Å². The van der Waals surface area contributed by atoms with E-state index in [0.717, 1.165) is 0 Å². The number of hydrogen-bond donors (Lipinski definition) is 1. The van der Waals surface area contributed by atoms with E-state index in [0.29, 0.717) is 51.7 Å². The van der Waals surface area contributed by atoms with Gasteiger partial charge in [-0.15, -0.1) is 0 Å². The molecule has 1 aromatic heterocycles. The highest BCUT2D eigenvalue weighted by Crippen LogP contribution is 2.23. The van der Waals surface area contributed by atoms with Crippen LogP contribution in [0.2, 0.25) is 10.0 Å². The van der Waals surface area contributed by atoms with Gasteiger partial charge in [-0.25, -0.2) is 0 Å². The lowest BCUT2D eigenvalue weighted by atomic mass is 10.1. The van der Waals surface area contributed by atoms with Crippen LogP contribution in [0.5, 0.6) is 0 Å². The zero-order chi connectivity index (χ0) is 24.2. The maximum atomic E-state index is 12.9. The van der Waals surface area contributed by atoms with Crippen molar-refractivity contribution in [2.45, 2.75) is 19.5 Å². The highest BCUT2D eigenvalue weighted by molar-refractivity contribution is 6.35. The number of fused-ring (bicyclic) bond motifs is 1. The van der Waals surface area contributed by atoms with Crippen LogP contribution in [-0.4, -0.2) is 39.3 Å². The number of rotatable bonds is 8. The predicted molar refractivity (Wildman–Crippen MR) is 135 cm³/mol. The SMILES string of the molecule is CN(CCCn1c(=N)n(CC(=O)c2ccc(Cl)cc2)c2cccc(Cl)c21)C(=O)c1ccccc1. The third kappa shape index (κ3) is 4.93. The summed E-state index contributed by atoms with van der Waals surface area (Å²) >= 11 is 12.4. The van der Waals surface area contributed by atoms with Crippen LogP contribution in [0.3, 0.4) is 0 Å². The molecular formula is C26H24Cl2N4O2. The Morgan fingerprint density at radius 1 is 0.882 bits per heavy atom. The molecule has 0 fully saturated rings. The van der Waals surface area contributed by atoms with Gasteiger partial charge in [-0.1, -0.05) is 47.5 Å². The van der Waals surface area contributed by atoms with Crippen molar-refractivity contribution in [2.24, 2.45) is 0 Å². The number of nitrogens with zero attached hydrogens (tertiary/aromatic N) is 3. The summed E-state index contributed by atoms with van der Waals surface area (Å²) in [5.41, 5.74) is 2.77. The predicted octanol–water partition coefficient (Wildman–Crippen LogP) is 5.27. The fraction of sp³-hybridized carbons (Fsp3) is 0.192. The average Bonchev–Trinajstić information content (AvgIpc) is 3.11. The molecule has 0 aliphatic rings. The molecule has 174 valence electrons. The summed E-state index contributed by atoms with van der Waals surface area (Å²) in [6.07, 6.45) is 0.626. The summed E-state index contributed by atoms with van der Waals surface area (Å²) in [6.45, 7) is 1.01. The van der Waals surface area contributed by atoms with E-state index in [1.54, 1.807) is 63.5 Å². The molecule has 0 aliphatic carbocycles. The summed E-state index contributed by atoms with van der Waals surface area (Å²) in [7, 11) is 1.77. The number of ketones is 1. The molecule has 0 saturated carbocycles. The number of carbonyl (C=O) groups excluding carboxylic acids is 2. The Hall–Kier alpha value is -3.35. The van der Waals surface area contributed by atoms with E-state index >= 15 is 0 Å². The minimum absolute atomic E-state index is 0.0106. The Bertz CT molecular complexity index is 1390. The van der Waals surface area contributed by atoms with Gasteiger partial charge in [0.1, 0.15) is 0 Å². The van der Waals surface area contributed by atoms with Crippen molar-refractivity contribution < 1.29 is 9.59 Å². The topological polar surface area (TPSA) is 71.1 Å². The summed E-state index contributed by atoms with van der Waals surface area (Å²) in [5, 5.41) is 9.85. The molecule has 4 rings (SSSR count). The summed E-state index contributed by atoms with van der Waals surface area (Å²) in [5.74, 6) is -0.173. The number of aryl methyl sites for hydroxylation is 1. The zero-order valence-electron chi connectivity index (χ0n) is 18.7. The highest BCUT2D eigenvalue weighted by atomic mass is 35.5. The van der Waals surface area contributed by atoms with Crippen molar-refractivity contribution in [3.8, 4) is 0 Å². The van der Waals surface area contributed by atoms with E-state index in [2.05, 4.69) is 0 Å². The first-order valence-electron chi connectivity index (χ1n) is 10.9. The van der Waals surface area contributed by atoms with E-state index in [-0.39, 0.29) is 23.9 Å². The van der Waals surface area contributed by atoms with E-state index in [9.17, 15) is 9.59 Å². The van der Waals surface area contributed by atoms with Crippen LogP contribution < -0.4 is 5.62 Å². The summed E-state index contributed by atoms with van der Waals surface area (Å²) in [6, 6.07) is 21.3. The van der Waals surface area contributed by atoms with Gasteiger partial charge in [0.25, 0.3) is 5.91 Å². The van der Waals surface area contributed by atoms with Crippen LogP contribution in [0.25, 0.3) is 11.0 Å². The largest absolute Gasteiger partial charge is 0.342 e. The molecule has 4 aromatic rings. The first-order chi connectivity index (χ1) is 16.4. The quantitative estimate of drug-likeness (QED) is 0.338. The molecular weight excluding hydrogens is 471 g/mol. The molecule has 0 bridgehead atoms. The zero-order valence-corrected chi connectivity index (χ0v) is 20.2. The molecule has 0 aliphatic heterocycles. The Balaban J connectivity index is 1.55. The fourth-order valence-corrected chi connectivity index (χ4v) is 4.37. The first-order valence-corrected chi connectivity index (χ1v) is 11.6. The second-order valence-electron chi connectivity index (χ2n) is 8.05. The van der Waals surface area contributed by atoms with Crippen LogP contribution in [0.1, 0.15) is 27.1 Å². The second kappa shape index (κ2) is 10.3. The van der Waals surface area contributed by atoms with Gasteiger partial charge in [0.2, 0.25) is 5.62 Å². The Morgan fingerprint density at radius 2 is 1.59 bits per heavy atom. The molecule has 0 atom stereocenters. The summed E-state index contributed by atoms with van der Waals surface area (Å²) in [4.78, 5) is 27.2. The monoisotopic (exact) mass is 494 g/mol.